The van der Waals surface area contributed by atoms with E-state index in [4.69, 9.17) is 4.74 Å². The summed E-state index contributed by atoms with van der Waals surface area (Å²) in [5, 5.41) is 4.03. The second-order valence-electron chi connectivity index (χ2n) is 4.78. The molecule has 1 aromatic heterocycles. The molecule has 98 valence electrons. The zero-order chi connectivity index (χ0) is 13.2. The third-order valence-electron chi connectivity index (χ3n) is 3.57. The summed E-state index contributed by atoms with van der Waals surface area (Å²) in [5.41, 5.74) is 3.06. The minimum absolute atomic E-state index is 0.0710. The summed E-state index contributed by atoms with van der Waals surface area (Å²) in [7, 11) is 1.78. The molecule has 1 unspecified atom stereocenters. The van der Waals surface area contributed by atoms with Gasteiger partial charge in [0.25, 0.3) is 0 Å². The van der Waals surface area contributed by atoms with Crippen LogP contribution in [0.1, 0.15) is 34.1 Å². The van der Waals surface area contributed by atoms with Gasteiger partial charge in [-0.2, -0.15) is 5.10 Å². The van der Waals surface area contributed by atoms with Crippen LogP contribution in [0.15, 0.2) is 36.5 Å². The number of hydrogen-bond acceptors (Lipinski definition) is 3. The second kappa shape index (κ2) is 4.97. The van der Waals surface area contributed by atoms with Gasteiger partial charge in [0.15, 0.2) is 5.78 Å². The van der Waals surface area contributed by atoms with Crippen molar-refractivity contribution in [3.63, 3.8) is 0 Å². The van der Waals surface area contributed by atoms with Crippen LogP contribution in [-0.2, 0) is 18.2 Å². The summed E-state index contributed by atoms with van der Waals surface area (Å²) >= 11 is 0. The largest absolute Gasteiger partial charge is 0.373 e. The fraction of sp³-hybridized carbons (Fsp3) is 0.333. The first-order valence-electron chi connectivity index (χ1n) is 6.46. The van der Waals surface area contributed by atoms with Crippen LogP contribution < -0.4 is 0 Å². The standard InChI is InChI=1S/C15H16N2O2/c1-17-13(6-8-16-17)14(18)10-15-12-5-3-2-4-11(12)7-9-19-15/h2-6,8,15H,7,9-10H2,1H3. The first kappa shape index (κ1) is 12.1. The summed E-state index contributed by atoms with van der Waals surface area (Å²) in [6, 6.07) is 9.94. The highest BCUT2D eigenvalue weighted by molar-refractivity contribution is 5.94. The molecule has 0 saturated heterocycles. The highest BCUT2D eigenvalue weighted by Crippen LogP contribution is 2.30. The Labute approximate surface area is 112 Å². The van der Waals surface area contributed by atoms with Gasteiger partial charge in [-0.25, -0.2) is 0 Å². The first-order valence-corrected chi connectivity index (χ1v) is 6.46. The van der Waals surface area contributed by atoms with E-state index in [-0.39, 0.29) is 11.9 Å². The van der Waals surface area contributed by atoms with Crippen molar-refractivity contribution in [2.45, 2.75) is 18.9 Å². The molecule has 19 heavy (non-hydrogen) atoms. The Balaban J connectivity index is 1.82. The molecular weight excluding hydrogens is 240 g/mol. The van der Waals surface area contributed by atoms with Crippen molar-refractivity contribution in [1.82, 2.24) is 9.78 Å². The number of ketones is 1. The molecule has 1 aromatic carbocycles. The summed E-state index contributed by atoms with van der Waals surface area (Å²) in [5.74, 6) is 0.0710. The van der Waals surface area contributed by atoms with Gasteiger partial charge in [0, 0.05) is 19.7 Å². The smallest absolute Gasteiger partial charge is 0.183 e. The Hall–Kier alpha value is -1.94. The fourth-order valence-corrected chi connectivity index (χ4v) is 2.57. The Kier molecular flexibility index (Phi) is 3.17. The van der Waals surface area contributed by atoms with Crippen molar-refractivity contribution >= 4 is 5.78 Å². The molecule has 0 amide bonds. The molecule has 0 bridgehead atoms. The maximum absolute atomic E-state index is 12.3. The first-order chi connectivity index (χ1) is 9.25. The van der Waals surface area contributed by atoms with E-state index in [1.165, 1.54) is 5.56 Å². The van der Waals surface area contributed by atoms with E-state index in [1.807, 2.05) is 12.1 Å². The van der Waals surface area contributed by atoms with Gasteiger partial charge >= 0.3 is 0 Å². The number of carbonyl (C=O) groups is 1. The quantitative estimate of drug-likeness (QED) is 0.791. The van der Waals surface area contributed by atoms with Gasteiger partial charge in [-0.15, -0.1) is 0 Å². The van der Waals surface area contributed by atoms with E-state index in [0.717, 1.165) is 12.0 Å². The molecule has 4 heteroatoms. The maximum atomic E-state index is 12.3. The van der Waals surface area contributed by atoms with Crippen molar-refractivity contribution < 1.29 is 9.53 Å². The monoisotopic (exact) mass is 256 g/mol. The Morgan fingerprint density at radius 3 is 3.05 bits per heavy atom. The van der Waals surface area contributed by atoms with E-state index in [2.05, 4.69) is 17.2 Å². The fourth-order valence-electron chi connectivity index (χ4n) is 2.57. The molecule has 0 aliphatic carbocycles. The molecule has 3 rings (SSSR count). The molecule has 4 nitrogen and oxygen atoms in total. The number of aryl methyl sites for hydroxylation is 1. The number of carbonyl (C=O) groups excluding carboxylic acids is 1. The van der Waals surface area contributed by atoms with Gasteiger partial charge in [-0.1, -0.05) is 24.3 Å². The van der Waals surface area contributed by atoms with Crippen molar-refractivity contribution in [1.29, 1.82) is 0 Å². The predicted molar refractivity (Wildman–Crippen MR) is 71.0 cm³/mol. The number of hydrogen-bond donors (Lipinski definition) is 0. The lowest BCUT2D eigenvalue weighted by Gasteiger charge is -2.25. The second-order valence-corrected chi connectivity index (χ2v) is 4.78. The van der Waals surface area contributed by atoms with Crippen LogP contribution in [0.4, 0.5) is 0 Å². The average Bonchev–Trinajstić information content (AvgIpc) is 2.85. The SMILES string of the molecule is Cn1nccc1C(=O)CC1OCCc2ccccc21. The van der Waals surface area contributed by atoms with E-state index in [9.17, 15) is 4.79 Å². The van der Waals surface area contributed by atoms with Crippen LogP contribution in [0.3, 0.4) is 0 Å². The highest BCUT2D eigenvalue weighted by Gasteiger charge is 2.24. The van der Waals surface area contributed by atoms with Crippen LogP contribution in [0.5, 0.6) is 0 Å². The molecule has 0 radical (unpaired) electrons. The van der Waals surface area contributed by atoms with E-state index < -0.39 is 0 Å². The normalized spacial score (nSPS) is 18.1. The average molecular weight is 256 g/mol. The third kappa shape index (κ3) is 2.31. The van der Waals surface area contributed by atoms with Crippen LogP contribution in [0.2, 0.25) is 0 Å². The Morgan fingerprint density at radius 1 is 1.42 bits per heavy atom. The number of ether oxygens (including phenoxy) is 1. The number of Topliss-reactive ketones (excluding diaryl/α,β-unsaturated/α-hetero) is 1. The molecule has 0 spiro atoms. The maximum Gasteiger partial charge on any atom is 0.183 e. The zero-order valence-electron chi connectivity index (χ0n) is 10.9. The lowest BCUT2D eigenvalue weighted by atomic mass is 9.94. The number of aromatic nitrogens is 2. The predicted octanol–water partition coefficient (Wildman–Crippen LogP) is 2.31. The van der Waals surface area contributed by atoms with Gasteiger partial charge in [-0.05, 0) is 23.6 Å². The molecule has 1 aliphatic heterocycles. The molecule has 0 N–H and O–H groups in total. The topological polar surface area (TPSA) is 44.1 Å². The number of benzene rings is 1. The van der Waals surface area contributed by atoms with Crippen LogP contribution in [0.25, 0.3) is 0 Å². The third-order valence-corrected chi connectivity index (χ3v) is 3.57. The van der Waals surface area contributed by atoms with Crippen LogP contribution in [0, 0.1) is 0 Å². The van der Waals surface area contributed by atoms with Crippen molar-refractivity contribution in [2.24, 2.45) is 7.05 Å². The van der Waals surface area contributed by atoms with Gasteiger partial charge in [-0.3, -0.25) is 9.48 Å². The van der Waals surface area contributed by atoms with E-state index >= 15 is 0 Å². The molecule has 1 aliphatic rings. The number of nitrogens with zero attached hydrogens (tertiary/aromatic N) is 2. The molecule has 2 heterocycles. The van der Waals surface area contributed by atoms with Crippen LogP contribution in [-0.4, -0.2) is 22.2 Å². The van der Waals surface area contributed by atoms with Gasteiger partial charge in [0.1, 0.15) is 5.69 Å². The zero-order valence-corrected chi connectivity index (χ0v) is 10.9. The lowest BCUT2D eigenvalue weighted by molar-refractivity contribution is 0.0349. The highest BCUT2D eigenvalue weighted by atomic mass is 16.5. The van der Waals surface area contributed by atoms with Crippen molar-refractivity contribution in [2.75, 3.05) is 6.61 Å². The molecule has 0 saturated carbocycles. The molecule has 0 fully saturated rings. The van der Waals surface area contributed by atoms with E-state index in [0.29, 0.717) is 18.7 Å². The summed E-state index contributed by atoms with van der Waals surface area (Å²) in [4.78, 5) is 12.3. The van der Waals surface area contributed by atoms with Gasteiger partial charge < -0.3 is 4.74 Å². The Bertz CT molecular complexity index is 604. The summed E-state index contributed by atoms with van der Waals surface area (Å²) in [6.07, 6.45) is 2.80. The molecule has 2 aromatic rings. The molecular formula is C15H16N2O2. The minimum Gasteiger partial charge on any atom is -0.373 e. The lowest BCUT2D eigenvalue weighted by Crippen LogP contribution is -2.20. The van der Waals surface area contributed by atoms with Crippen molar-refractivity contribution in [3.05, 3.63) is 53.3 Å². The Morgan fingerprint density at radius 2 is 2.26 bits per heavy atom. The van der Waals surface area contributed by atoms with Crippen molar-refractivity contribution in [3.8, 4) is 0 Å². The summed E-state index contributed by atoms with van der Waals surface area (Å²) in [6.45, 7) is 0.681. The molecule has 1 atom stereocenters. The minimum atomic E-state index is -0.132. The number of fused-ring (bicyclic) bond motifs is 1. The van der Waals surface area contributed by atoms with Gasteiger partial charge in [0.2, 0.25) is 0 Å². The summed E-state index contributed by atoms with van der Waals surface area (Å²) < 4.78 is 7.37. The van der Waals surface area contributed by atoms with Crippen LogP contribution >= 0.6 is 0 Å². The number of rotatable bonds is 3. The van der Waals surface area contributed by atoms with Gasteiger partial charge in [0.05, 0.1) is 12.7 Å². The van der Waals surface area contributed by atoms with E-state index in [1.54, 1.807) is 24.0 Å².